The first-order valence-corrected chi connectivity index (χ1v) is 4.18. The van der Waals surface area contributed by atoms with Gasteiger partial charge >= 0.3 is 5.97 Å². The molecule has 1 aliphatic carbocycles. The fraction of sp³-hybridized carbons (Fsp3) is 0.875. The lowest BCUT2D eigenvalue weighted by atomic mass is 9.79. The molecule has 0 saturated heterocycles. The van der Waals surface area contributed by atoms with E-state index in [9.17, 15) is 4.79 Å². The Balaban J connectivity index is 2.51. The van der Waals surface area contributed by atoms with Gasteiger partial charge in [-0.1, -0.05) is 12.8 Å². The van der Waals surface area contributed by atoms with Gasteiger partial charge in [0.25, 0.3) is 0 Å². The predicted octanol–water partition coefficient (Wildman–Crippen LogP) is 0.836. The van der Waals surface area contributed by atoms with Gasteiger partial charge in [0, 0.05) is 0 Å². The molecule has 0 heterocycles. The Kier molecular flexibility index (Phi) is 2.88. The molecule has 0 unspecified atom stereocenters. The molecule has 64 valence electrons. The number of nitrogens with two attached hydrogens (primary N) is 1. The molecule has 0 spiro atoms. The number of aliphatic carboxylic acids is 1. The topological polar surface area (TPSA) is 63.3 Å². The van der Waals surface area contributed by atoms with E-state index < -0.39 is 5.97 Å². The second-order valence-electron chi connectivity index (χ2n) is 3.22. The molecular formula is C8H15NO2. The Hall–Kier alpha value is -0.570. The van der Waals surface area contributed by atoms with Crippen LogP contribution in [0.25, 0.3) is 0 Å². The number of carbonyl (C=O) groups is 1. The predicted molar refractivity (Wildman–Crippen MR) is 42.1 cm³/mol. The van der Waals surface area contributed by atoms with Crippen LogP contribution in [0.15, 0.2) is 0 Å². The third kappa shape index (κ3) is 1.93. The molecule has 3 nitrogen and oxygen atoms in total. The van der Waals surface area contributed by atoms with Crippen LogP contribution in [0, 0.1) is 11.8 Å². The van der Waals surface area contributed by atoms with Crippen molar-refractivity contribution in [2.45, 2.75) is 25.7 Å². The van der Waals surface area contributed by atoms with Gasteiger partial charge in [0.05, 0.1) is 5.92 Å². The highest BCUT2D eigenvalue weighted by Crippen LogP contribution is 2.29. The van der Waals surface area contributed by atoms with Crippen molar-refractivity contribution in [3.63, 3.8) is 0 Å². The third-order valence-corrected chi connectivity index (χ3v) is 2.53. The summed E-state index contributed by atoms with van der Waals surface area (Å²) < 4.78 is 0. The third-order valence-electron chi connectivity index (χ3n) is 2.53. The average molecular weight is 157 g/mol. The number of rotatable bonds is 2. The number of carboxylic acids is 1. The SMILES string of the molecule is NC[C@@H]1CCCC[C@@H]1C(=O)O. The second-order valence-corrected chi connectivity index (χ2v) is 3.22. The van der Waals surface area contributed by atoms with Crippen molar-refractivity contribution in [1.82, 2.24) is 0 Å². The quantitative estimate of drug-likeness (QED) is 0.624. The Morgan fingerprint density at radius 3 is 2.55 bits per heavy atom. The Morgan fingerprint density at radius 1 is 1.45 bits per heavy atom. The first-order chi connectivity index (χ1) is 5.25. The highest BCUT2D eigenvalue weighted by atomic mass is 16.4. The Morgan fingerprint density at radius 2 is 2.09 bits per heavy atom. The van der Waals surface area contributed by atoms with Crippen molar-refractivity contribution >= 4 is 5.97 Å². The minimum absolute atomic E-state index is 0.172. The van der Waals surface area contributed by atoms with E-state index in [0.29, 0.717) is 6.54 Å². The molecule has 0 amide bonds. The summed E-state index contributed by atoms with van der Waals surface area (Å²) >= 11 is 0. The maximum absolute atomic E-state index is 10.7. The molecule has 3 heteroatoms. The van der Waals surface area contributed by atoms with E-state index in [1.807, 2.05) is 0 Å². The van der Waals surface area contributed by atoms with Gasteiger partial charge in [-0.05, 0) is 25.3 Å². The van der Waals surface area contributed by atoms with E-state index in [4.69, 9.17) is 10.8 Å². The van der Waals surface area contributed by atoms with Crippen LogP contribution in [0.5, 0.6) is 0 Å². The van der Waals surface area contributed by atoms with Gasteiger partial charge in [0.2, 0.25) is 0 Å². The van der Waals surface area contributed by atoms with Gasteiger partial charge in [-0.2, -0.15) is 0 Å². The smallest absolute Gasteiger partial charge is 0.306 e. The lowest BCUT2D eigenvalue weighted by Crippen LogP contribution is -2.32. The summed E-state index contributed by atoms with van der Waals surface area (Å²) in [5.41, 5.74) is 5.47. The van der Waals surface area contributed by atoms with Crippen LogP contribution in [0.1, 0.15) is 25.7 Å². The summed E-state index contributed by atoms with van der Waals surface area (Å²) in [5, 5.41) is 8.78. The molecular weight excluding hydrogens is 142 g/mol. The van der Waals surface area contributed by atoms with Crippen LogP contribution >= 0.6 is 0 Å². The number of hydrogen-bond donors (Lipinski definition) is 2. The zero-order chi connectivity index (χ0) is 8.27. The summed E-state index contributed by atoms with van der Waals surface area (Å²) in [7, 11) is 0. The second kappa shape index (κ2) is 3.72. The van der Waals surface area contributed by atoms with Crippen molar-refractivity contribution in [3.8, 4) is 0 Å². The lowest BCUT2D eigenvalue weighted by Gasteiger charge is -2.26. The first-order valence-electron chi connectivity index (χ1n) is 4.18. The summed E-state index contributed by atoms with van der Waals surface area (Å²) in [4.78, 5) is 10.7. The van der Waals surface area contributed by atoms with Crippen molar-refractivity contribution < 1.29 is 9.90 Å². The molecule has 0 bridgehead atoms. The van der Waals surface area contributed by atoms with Gasteiger partial charge in [-0.25, -0.2) is 0 Å². The molecule has 3 N–H and O–H groups in total. The Bertz CT molecular complexity index is 147. The van der Waals surface area contributed by atoms with Gasteiger partial charge in [-0.15, -0.1) is 0 Å². The Labute approximate surface area is 66.6 Å². The van der Waals surface area contributed by atoms with Crippen LogP contribution in [0.2, 0.25) is 0 Å². The molecule has 0 aromatic heterocycles. The van der Waals surface area contributed by atoms with E-state index in [-0.39, 0.29) is 11.8 Å². The first kappa shape index (κ1) is 8.53. The van der Waals surface area contributed by atoms with Crippen LogP contribution in [0.3, 0.4) is 0 Å². The molecule has 1 rings (SSSR count). The number of hydrogen-bond acceptors (Lipinski definition) is 2. The summed E-state index contributed by atoms with van der Waals surface area (Å²) in [6, 6.07) is 0. The molecule has 0 aliphatic heterocycles. The van der Waals surface area contributed by atoms with Gasteiger partial charge in [0.1, 0.15) is 0 Å². The summed E-state index contributed by atoms with van der Waals surface area (Å²) in [6.45, 7) is 0.525. The number of carboxylic acid groups (broad SMARTS) is 1. The van der Waals surface area contributed by atoms with Crippen molar-refractivity contribution in [1.29, 1.82) is 0 Å². The normalized spacial score (nSPS) is 31.7. The van der Waals surface area contributed by atoms with Crippen molar-refractivity contribution in [2.24, 2.45) is 17.6 Å². The highest BCUT2D eigenvalue weighted by molar-refractivity contribution is 5.70. The van der Waals surface area contributed by atoms with E-state index in [2.05, 4.69) is 0 Å². The summed E-state index contributed by atoms with van der Waals surface area (Å²) in [5.74, 6) is -0.616. The van der Waals surface area contributed by atoms with Crippen molar-refractivity contribution in [3.05, 3.63) is 0 Å². The molecule has 0 aromatic carbocycles. The van der Waals surface area contributed by atoms with Crippen LogP contribution < -0.4 is 5.73 Å². The molecule has 1 fully saturated rings. The van der Waals surface area contributed by atoms with E-state index in [1.54, 1.807) is 0 Å². The standard InChI is InChI=1S/C8H15NO2/c9-5-6-3-1-2-4-7(6)8(10)11/h6-7H,1-5,9H2,(H,10,11)/t6-,7-/m0/s1. The zero-order valence-electron chi connectivity index (χ0n) is 6.62. The molecule has 0 aromatic rings. The molecule has 2 atom stereocenters. The minimum Gasteiger partial charge on any atom is -0.481 e. The maximum atomic E-state index is 10.7. The fourth-order valence-electron chi connectivity index (χ4n) is 1.81. The van der Waals surface area contributed by atoms with Crippen molar-refractivity contribution in [2.75, 3.05) is 6.54 Å². The van der Waals surface area contributed by atoms with Gasteiger partial charge < -0.3 is 10.8 Å². The average Bonchev–Trinajstić information content (AvgIpc) is 2.04. The van der Waals surface area contributed by atoms with Crippen LogP contribution in [-0.2, 0) is 4.79 Å². The van der Waals surface area contributed by atoms with E-state index >= 15 is 0 Å². The van der Waals surface area contributed by atoms with Gasteiger partial charge in [0.15, 0.2) is 0 Å². The highest BCUT2D eigenvalue weighted by Gasteiger charge is 2.29. The van der Waals surface area contributed by atoms with Crippen LogP contribution in [-0.4, -0.2) is 17.6 Å². The van der Waals surface area contributed by atoms with Gasteiger partial charge in [-0.3, -0.25) is 4.79 Å². The van der Waals surface area contributed by atoms with Crippen LogP contribution in [0.4, 0.5) is 0 Å². The molecule has 1 aliphatic rings. The van der Waals surface area contributed by atoms with E-state index in [1.165, 1.54) is 0 Å². The van der Waals surface area contributed by atoms with E-state index in [0.717, 1.165) is 25.7 Å². The molecule has 11 heavy (non-hydrogen) atoms. The lowest BCUT2D eigenvalue weighted by molar-refractivity contribution is -0.144. The zero-order valence-corrected chi connectivity index (χ0v) is 6.62. The molecule has 0 radical (unpaired) electrons. The monoisotopic (exact) mass is 157 g/mol. The molecule has 1 saturated carbocycles. The minimum atomic E-state index is -0.667. The summed E-state index contributed by atoms with van der Waals surface area (Å²) in [6.07, 6.45) is 4.00. The fourth-order valence-corrected chi connectivity index (χ4v) is 1.81. The largest absolute Gasteiger partial charge is 0.481 e. The maximum Gasteiger partial charge on any atom is 0.306 e.